The van der Waals surface area contributed by atoms with E-state index in [4.69, 9.17) is 4.52 Å². The highest BCUT2D eigenvalue weighted by Crippen LogP contribution is 2.25. The van der Waals surface area contributed by atoms with Crippen molar-refractivity contribution in [1.29, 1.82) is 0 Å². The molecule has 21 heavy (non-hydrogen) atoms. The lowest BCUT2D eigenvalue weighted by Crippen LogP contribution is -1.94. The molecular weight excluding hydrogens is 286 g/mol. The second-order valence-corrected chi connectivity index (χ2v) is 5.22. The summed E-state index contributed by atoms with van der Waals surface area (Å²) in [4.78, 5) is 13.7. The third kappa shape index (κ3) is 2.23. The van der Waals surface area contributed by atoms with Gasteiger partial charge in [0.2, 0.25) is 5.82 Å². The van der Waals surface area contributed by atoms with Crippen LogP contribution >= 0.6 is 11.3 Å². The summed E-state index contributed by atoms with van der Waals surface area (Å²) in [6, 6.07) is 7.69. The molecule has 0 saturated carbocycles. The summed E-state index contributed by atoms with van der Waals surface area (Å²) >= 11 is 1.56. The molecule has 0 spiro atoms. The fourth-order valence-corrected chi connectivity index (χ4v) is 2.55. The van der Waals surface area contributed by atoms with Crippen LogP contribution in [-0.4, -0.2) is 24.7 Å². The standard InChI is InChI=1S/C14H9N5OS/c1-2-11(21-7-1)14-17-13(18-20-14)10-3-4-12(16-8-10)19-6-5-15-9-19/h1-9H. The minimum Gasteiger partial charge on any atom is -0.333 e. The van der Waals surface area contributed by atoms with Gasteiger partial charge in [0.25, 0.3) is 5.89 Å². The lowest BCUT2D eigenvalue weighted by Gasteiger charge is -2.00. The maximum atomic E-state index is 5.27. The van der Waals surface area contributed by atoms with Gasteiger partial charge in [-0.1, -0.05) is 11.2 Å². The second-order valence-electron chi connectivity index (χ2n) is 4.28. The van der Waals surface area contributed by atoms with Crippen molar-refractivity contribution in [1.82, 2.24) is 24.7 Å². The topological polar surface area (TPSA) is 69.6 Å². The molecule has 4 heterocycles. The summed E-state index contributed by atoms with van der Waals surface area (Å²) in [5, 5.41) is 5.97. The molecule has 0 N–H and O–H groups in total. The fourth-order valence-electron chi connectivity index (χ4n) is 1.91. The van der Waals surface area contributed by atoms with Crippen LogP contribution in [0.15, 0.2) is 59.1 Å². The van der Waals surface area contributed by atoms with Gasteiger partial charge in [-0.15, -0.1) is 11.3 Å². The number of imidazole rings is 1. The van der Waals surface area contributed by atoms with Crippen LogP contribution < -0.4 is 0 Å². The lowest BCUT2D eigenvalue weighted by molar-refractivity contribution is 0.433. The van der Waals surface area contributed by atoms with Crippen molar-refractivity contribution < 1.29 is 4.52 Å². The summed E-state index contributed by atoms with van der Waals surface area (Å²) in [7, 11) is 0. The molecule has 0 amide bonds. The van der Waals surface area contributed by atoms with Crippen LogP contribution in [0.4, 0.5) is 0 Å². The van der Waals surface area contributed by atoms with E-state index in [1.165, 1.54) is 0 Å². The molecule has 4 aromatic rings. The van der Waals surface area contributed by atoms with Gasteiger partial charge in [-0.05, 0) is 23.6 Å². The molecular formula is C14H9N5OS. The highest BCUT2D eigenvalue weighted by Gasteiger charge is 2.11. The van der Waals surface area contributed by atoms with Gasteiger partial charge < -0.3 is 4.52 Å². The number of rotatable bonds is 3. The van der Waals surface area contributed by atoms with Gasteiger partial charge in [-0.3, -0.25) is 4.57 Å². The third-order valence-corrected chi connectivity index (χ3v) is 3.79. The summed E-state index contributed by atoms with van der Waals surface area (Å²) in [6.45, 7) is 0. The summed E-state index contributed by atoms with van der Waals surface area (Å²) < 4.78 is 7.10. The molecule has 0 aliphatic carbocycles. The van der Waals surface area contributed by atoms with Gasteiger partial charge >= 0.3 is 0 Å². The Morgan fingerprint density at radius 2 is 2.19 bits per heavy atom. The van der Waals surface area contributed by atoms with E-state index in [-0.39, 0.29) is 0 Å². The Hall–Kier alpha value is -2.80. The molecule has 0 aliphatic heterocycles. The van der Waals surface area contributed by atoms with E-state index in [2.05, 4.69) is 20.1 Å². The van der Waals surface area contributed by atoms with Crippen molar-refractivity contribution >= 4 is 11.3 Å². The van der Waals surface area contributed by atoms with Crippen LogP contribution in [0.2, 0.25) is 0 Å². The zero-order chi connectivity index (χ0) is 14.1. The number of pyridine rings is 1. The monoisotopic (exact) mass is 295 g/mol. The van der Waals surface area contributed by atoms with Crippen molar-refractivity contribution in [2.45, 2.75) is 0 Å². The average molecular weight is 295 g/mol. The number of hydrogen-bond acceptors (Lipinski definition) is 6. The number of thiophene rings is 1. The lowest BCUT2D eigenvalue weighted by atomic mass is 10.2. The van der Waals surface area contributed by atoms with Gasteiger partial charge in [0, 0.05) is 24.2 Å². The molecule has 0 unspecified atom stereocenters. The van der Waals surface area contributed by atoms with Crippen molar-refractivity contribution in [3.8, 4) is 28.0 Å². The molecule has 0 fully saturated rings. The molecule has 0 aromatic carbocycles. The number of hydrogen-bond donors (Lipinski definition) is 0. The van der Waals surface area contributed by atoms with E-state index in [0.29, 0.717) is 11.7 Å². The van der Waals surface area contributed by atoms with E-state index in [0.717, 1.165) is 16.3 Å². The SMILES string of the molecule is c1csc(-c2nc(-c3ccc(-n4ccnc4)nc3)no2)c1. The summed E-state index contributed by atoms with van der Waals surface area (Å²) in [5.41, 5.74) is 0.811. The van der Waals surface area contributed by atoms with Crippen LogP contribution in [0.25, 0.3) is 28.0 Å². The van der Waals surface area contributed by atoms with Crippen LogP contribution in [0.3, 0.4) is 0 Å². The number of aromatic nitrogens is 5. The Balaban J connectivity index is 1.65. The zero-order valence-corrected chi connectivity index (χ0v) is 11.6. The quantitative estimate of drug-likeness (QED) is 0.581. The van der Waals surface area contributed by atoms with Gasteiger partial charge in [0.05, 0.1) is 4.88 Å². The first-order valence-electron chi connectivity index (χ1n) is 6.22. The first-order chi connectivity index (χ1) is 10.4. The second kappa shape index (κ2) is 4.95. The van der Waals surface area contributed by atoms with E-state index in [1.807, 2.05) is 40.4 Å². The molecule has 4 rings (SSSR count). The van der Waals surface area contributed by atoms with Crippen molar-refractivity contribution in [3.63, 3.8) is 0 Å². The molecule has 102 valence electrons. The molecule has 0 aliphatic rings. The summed E-state index contributed by atoms with van der Waals surface area (Å²) in [6.07, 6.45) is 6.97. The molecule has 0 bridgehead atoms. The first kappa shape index (κ1) is 12.0. The Kier molecular flexibility index (Phi) is 2.82. The van der Waals surface area contributed by atoms with E-state index < -0.39 is 0 Å². The van der Waals surface area contributed by atoms with Crippen molar-refractivity contribution in [3.05, 3.63) is 54.6 Å². The van der Waals surface area contributed by atoms with Crippen molar-refractivity contribution in [2.24, 2.45) is 0 Å². The molecule has 0 atom stereocenters. The van der Waals surface area contributed by atoms with E-state index >= 15 is 0 Å². The maximum Gasteiger partial charge on any atom is 0.268 e. The smallest absolute Gasteiger partial charge is 0.268 e. The third-order valence-electron chi connectivity index (χ3n) is 2.93. The normalized spacial score (nSPS) is 10.9. The zero-order valence-electron chi connectivity index (χ0n) is 10.7. The summed E-state index contributed by atoms with van der Waals surface area (Å²) in [5.74, 6) is 1.85. The van der Waals surface area contributed by atoms with Crippen LogP contribution in [-0.2, 0) is 0 Å². The Labute approximate surface area is 123 Å². The Morgan fingerprint density at radius 1 is 1.19 bits per heavy atom. The van der Waals surface area contributed by atoms with Gasteiger partial charge in [-0.25, -0.2) is 9.97 Å². The molecule has 6 nitrogen and oxygen atoms in total. The number of nitrogens with zero attached hydrogens (tertiary/aromatic N) is 5. The first-order valence-corrected chi connectivity index (χ1v) is 7.10. The van der Waals surface area contributed by atoms with Crippen LogP contribution in [0.1, 0.15) is 0 Å². The predicted molar refractivity (Wildman–Crippen MR) is 78.0 cm³/mol. The van der Waals surface area contributed by atoms with Gasteiger partial charge in [0.1, 0.15) is 12.1 Å². The van der Waals surface area contributed by atoms with Crippen LogP contribution in [0.5, 0.6) is 0 Å². The molecule has 4 aromatic heterocycles. The van der Waals surface area contributed by atoms with Gasteiger partial charge in [-0.2, -0.15) is 4.98 Å². The molecule has 0 saturated heterocycles. The minimum absolute atomic E-state index is 0.527. The minimum atomic E-state index is 0.527. The van der Waals surface area contributed by atoms with Crippen molar-refractivity contribution in [2.75, 3.05) is 0 Å². The van der Waals surface area contributed by atoms with Crippen LogP contribution in [0, 0.1) is 0 Å². The molecule has 7 heteroatoms. The van der Waals surface area contributed by atoms with E-state index in [1.54, 1.807) is 30.1 Å². The highest BCUT2D eigenvalue weighted by molar-refractivity contribution is 7.13. The largest absolute Gasteiger partial charge is 0.333 e. The Bertz CT molecular complexity index is 834. The fraction of sp³-hybridized carbons (Fsp3) is 0. The van der Waals surface area contributed by atoms with Gasteiger partial charge in [0.15, 0.2) is 0 Å². The van der Waals surface area contributed by atoms with E-state index in [9.17, 15) is 0 Å². The predicted octanol–water partition coefficient (Wildman–Crippen LogP) is 3.05. The molecule has 0 radical (unpaired) electrons. The maximum absolute atomic E-state index is 5.27. The average Bonchev–Trinajstić information content (AvgIpc) is 3.27. The highest BCUT2D eigenvalue weighted by atomic mass is 32.1. The Morgan fingerprint density at radius 3 is 2.90 bits per heavy atom.